The largest absolute Gasteiger partial charge is 0.490 e. The number of aliphatic hydroxyl groups excluding tert-OH is 1. The molecule has 2 rings (SSSR count). The van der Waals surface area contributed by atoms with Gasteiger partial charge in [-0.15, -0.1) is 0 Å². The second-order valence-electron chi connectivity index (χ2n) is 3.06. The minimum Gasteiger partial charge on any atom is -0.490 e. The predicted octanol–water partition coefficient (Wildman–Crippen LogP) is 1.20. The van der Waals surface area contributed by atoms with Crippen LogP contribution in [-0.4, -0.2) is 17.8 Å². The van der Waals surface area contributed by atoms with Gasteiger partial charge in [0, 0.05) is 10.0 Å². The van der Waals surface area contributed by atoms with Crippen LogP contribution in [-0.2, 0) is 0 Å². The van der Waals surface area contributed by atoms with Crippen molar-refractivity contribution in [3.8, 4) is 5.75 Å². The van der Waals surface area contributed by atoms with Crippen LogP contribution in [0.4, 0.5) is 0 Å². The molecule has 0 aromatic heterocycles. The van der Waals surface area contributed by atoms with Crippen molar-refractivity contribution in [2.75, 3.05) is 6.61 Å². The summed E-state index contributed by atoms with van der Waals surface area (Å²) in [6, 6.07) is 5.26. The first-order valence-corrected chi connectivity index (χ1v) is 4.84. The maximum atomic E-state index is 9.48. The topological polar surface area (TPSA) is 55.5 Å². The molecule has 0 spiro atoms. The third-order valence-corrected chi connectivity index (χ3v) is 2.86. The molecule has 13 heavy (non-hydrogen) atoms. The maximum absolute atomic E-state index is 9.48. The van der Waals surface area contributed by atoms with Crippen LogP contribution in [0.15, 0.2) is 22.7 Å². The predicted molar refractivity (Wildman–Crippen MR) is 52.6 cm³/mol. The van der Waals surface area contributed by atoms with Gasteiger partial charge >= 0.3 is 0 Å². The Morgan fingerprint density at radius 2 is 2.31 bits per heavy atom. The molecule has 0 amide bonds. The molecule has 0 aliphatic carbocycles. The number of rotatable bonds is 0. The number of benzene rings is 1. The lowest BCUT2D eigenvalue weighted by atomic mass is 9.99. The van der Waals surface area contributed by atoms with Crippen LogP contribution in [0.1, 0.15) is 11.6 Å². The lowest BCUT2D eigenvalue weighted by molar-refractivity contribution is 0.0675. The molecule has 70 valence electrons. The second-order valence-corrected chi connectivity index (χ2v) is 3.91. The quantitative estimate of drug-likeness (QED) is 0.721. The summed E-state index contributed by atoms with van der Waals surface area (Å²) in [5.41, 5.74) is 6.68. The Morgan fingerprint density at radius 1 is 1.54 bits per heavy atom. The molecule has 1 heterocycles. The van der Waals surface area contributed by atoms with Crippen LogP contribution in [0.2, 0.25) is 0 Å². The van der Waals surface area contributed by atoms with E-state index in [2.05, 4.69) is 15.9 Å². The summed E-state index contributed by atoms with van der Waals surface area (Å²) in [7, 11) is 0. The lowest BCUT2D eigenvalue weighted by Crippen LogP contribution is -2.35. The summed E-state index contributed by atoms with van der Waals surface area (Å²) in [5.74, 6) is 0.757. The van der Waals surface area contributed by atoms with E-state index in [4.69, 9.17) is 10.5 Å². The average Bonchev–Trinajstić information content (AvgIpc) is 2.12. The Morgan fingerprint density at radius 3 is 3.08 bits per heavy atom. The van der Waals surface area contributed by atoms with Gasteiger partial charge in [0.15, 0.2) is 0 Å². The molecule has 0 saturated heterocycles. The van der Waals surface area contributed by atoms with E-state index in [0.29, 0.717) is 0 Å². The van der Waals surface area contributed by atoms with E-state index in [1.54, 1.807) is 0 Å². The molecule has 3 N–H and O–H groups in total. The summed E-state index contributed by atoms with van der Waals surface area (Å²) < 4.78 is 6.21. The zero-order valence-electron chi connectivity index (χ0n) is 6.90. The van der Waals surface area contributed by atoms with Gasteiger partial charge in [-0.25, -0.2) is 0 Å². The molecule has 0 bridgehead atoms. The van der Waals surface area contributed by atoms with E-state index in [1.165, 1.54) is 0 Å². The van der Waals surface area contributed by atoms with Crippen molar-refractivity contribution in [2.45, 2.75) is 12.1 Å². The molecular formula is C9H10BrNO2. The number of ether oxygens (including phenoxy) is 1. The molecule has 1 aliphatic rings. The van der Waals surface area contributed by atoms with Crippen molar-refractivity contribution in [1.29, 1.82) is 0 Å². The first-order valence-electron chi connectivity index (χ1n) is 4.05. The maximum Gasteiger partial charge on any atom is 0.125 e. The van der Waals surface area contributed by atoms with Crippen molar-refractivity contribution >= 4 is 15.9 Å². The van der Waals surface area contributed by atoms with Gasteiger partial charge in [-0.2, -0.15) is 0 Å². The van der Waals surface area contributed by atoms with Crippen LogP contribution in [0.3, 0.4) is 0 Å². The molecule has 1 aliphatic heterocycles. The van der Waals surface area contributed by atoms with E-state index in [9.17, 15) is 5.11 Å². The monoisotopic (exact) mass is 243 g/mol. The summed E-state index contributed by atoms with van der Waals surface area (Å²) in [6.45, 7) is 0.268. The SMILES string of the molecule is N[C@H]1c2c(Br)cccc2OC[C@H]1O. The molecule has 2 atom stereocenters. The Balaban J connectivity index is 2.51. The summed E-state index contributed by atoms with van der Waals surface area (Å²) in [4.78, 5) is 0. The van der Waals surface area contributed by atoms with Crippen LogP contribution in [0.5, 0.6) is 5.75 Å². The Hall–Kier alpha value is -0.580. The van der Waals surface area contributed by atoms with Crippen molar-refractivity contribution in [2.24, 2.45) is 5.73 Å². The molecule has 4 heteroatoms. The number of nitrogens with two attached hydrogens (primary N) is 1. The van der Waals surface area contributed by atoms with Crippen molar-refractivity contribution in [1.82, 2.24) is 0 Å². The molecule has 3 nitrogen and oxygen atoms in total. The highest BCUT2D eigenvalue weighted by molar-refractivity contribution is 9.10. The van der Waals surface area contributed by atoms with Crippen LogP contribution < -0.4 is 10.5 Å². The number of fused-ring (bicyclic) bond motifs is 1. The van der Waals surface area contributed by atoms with Crippen LogP contribution >= 0.6 is 15.9 Å². The number of hydrogen-bond acceptors (Lipinski definition) is 3. The standard InChI is InChI=1S/C9H10BrNO2/c10-5-2-1-3-7-8(5)9(11)6(12)4-13-7/h1-3,6,9,12H,4,11H2/t6-,9-/m1/s1. The summed E-state index contributed by atoms with van der Waals surface area (Å²) >= 11 is 3.38. The van der Waals surface area contributed by atoms with Gasteiger partial charge in [0.2, 0.25) is 0 Å². The fraction of sp³-hybridized carbons (Fsp3) is 0.333. The van der Waals surface area contributed by atoms with Gasteiger partial charge in [-0.1, -0.05) is 22.0 Å². The van der Waals surface area contributed by atoms with Gasteiger partial charge in [-0.05, 0) is 12.1 Å². The second kappa shape index (κ2) is 3.29. The van der Waals surface area contributed by atoms with Gasteiger partial charge in [0.25, 0.3) is 0 Å². The third kappa shape index (κ3) is 1.45. The Bertz CT molecular complexity index is 329. The van der Waals surface area contributed by atoms with E-state index in [1.807, 2.05) is 18.2 Å². The molecule has 0 unspecified atom stereocenters. The molecule has 0 saturated carbocycles. The number of hydrogen-bond donors (Lipinski definition) is 2. The molecule has 0 fully saturated rings. The highest BCUT2D eigenvalue weighted by Crippen LogP contribution is 2.35. The molecular weight excluding hydrogens is 234 g/mol. The van der Waals surface area contributed by atoms with Gasteiger partial charge < -0.3 is 15.6 Å². The lowest BCUT2D eigenvalue weighted by Gasteiger charge is -2.28. The minimum absolute atomic E-state index is 0.268. The van der Waals surface area contributed by atoms with E-state index < -0.39 is 6.10 Å². The van der Waals surface area contributed by atoms with Gasteiger partial charge in [0.05, 0.1) is 6.04 Å². The number of aliphatic hydroxyl groups is 1. The third-order valence-electron chi connectivity index (χ3n) is 2.17. The fourth-order valence-electron chi connectivity index (χ4n) is 1.44. The zero-order valence-corrected chi connectivity index (χ0v) is 8.49. The molecule has 1 aromatic rings. The fourth-order valence-corrected chi connectivity index (χ4v) is 2.05. The minimum atomic E-state index is -0.619. The van der Waals surface area contributed by atoms with Gasteiger partial charge in [-0.3, -0.25) is 0 Å². The summed E-state index contributed by atoms with van der Waals surface area (Å²) in [5, 5.41) is 9.48. The molecule has 0 radical (unpaired) electrons. The van der Waals surface area contributed by atoms with E-state index >= 15 is 0 Å². The smallest absolute Gasteiger partial charge is 0.125 e. The van der Waals surface area contributed by atoms with Crippen molar-refractivity contribution < 1.29 is 9.84 Å². The van der Waals surface area contributed by atoms with Crippen molar-refractivity contribution in [3.63, 3.8) is 0 Å². The normalized spacial score (nSPS) is 26.4. The highest BCUT2D eigenvalue weighted by Gasteiger charge is 2.27. The summed E-state index contributed by atoms with van der Waals surface area (Å²) in [6.07, 6.45) is -0.619. The van der Waals surface area contributed by atoms with Gasteiger partial charge in [0.1, 0.15) is 18.5 Å². The van der Waals surface area contributed by atoms with Crippen LogP contribution in [0, 0.1) is 0 Å². The van der Waals surface area contributed by atoms with Crippen molar-refractivity contribution in [3.05, 3.63) is 28.2 Å². The van der Waals surface area contributed by atoms with E-state index in [0.717, 1.165) is 15.8 Å². The Labute approximate surface area is 84.6 Å². The molecule has 1 aromatic carbocycles. The van der Waals surface area contributed by atoms with Crippen LogP contribution in [0.25, 0.3) is 0 Å². The number of halogens is 1. The first-order chi connectivity index (χ1) is 6.20. The van der Waals surface area contributed by atoms with E-state index in [-0.39, 0.29) is 12.6 Å². The average molecular weight is 244 g/mol. The highest BCUT2D eigenvalue weighted by atomic mass is 79.9. The first kappa shape index (κ1) is 8.99. The zero-order chi connectivity index (χ0) is 9.42. The Kier molecular flexibility index (Phi) is 2.27.